The quantitative estimate of drug-likeness (QED) is 0.568. The van der Waals surface area contributed by atoms with Crippen LogP contribution in [0.3, 0.4) is 0 Å². The Balaban J connectivity index is 2.13. The summed E-state index contributed by atoms with van der Waals surface area (Å²) in [6.45, 7) is 4.13. The monoisotopic (exact) mass is 368 g/mol. The van der Waals surface area contributed by atoms with E-state index >= 15 is 0 Å². The summed E-state index contributed by atoms with van der Waals surface area (Å²) in [5, 5.41) is 11.0. The molecule has 0 bridgehead atoms. The Hall–Kier alpha value is -1.96. The third kappa shape index (κ3) is 4.78. The van der Waals surface area contributed by atoms with Gasteiger partial charge >= 0.3 is 0 Å². The van der Waals surface area contributed by atoms with E-state index in [0.29, 0.717) is 17.7 Å². The lowest BCUT2D eigenvalue weighted by molar-refractivity contribution is -0.385. The Morgan fingerprint density at radius 2 is 2.08 bits per heavy atom. The number of benzene rings is 1. The van der Waals surface area contributed by atoms with Crippen molar-refractivity contribution >= 4 is 21.4 Å². The fourth-order valence-corrected chi connectivity index (χ4v) is 4.77. The van der Waals surface area contributed by atoms with Crippen LogP contribution in [0.1, 0.15) is 43.7 Å². The maximum absolute atomic E-state index is 12.5. The molecule has 0 radical (unpaired) electrons. The van der Waals surface area contributed by atoms with Crippen LogP contribution in [-0.2, 0) is 20.4 Å². The van der Waals surface area contributed by atoms with Gasteiger partial charge in [-0.15, -0.1) is 0 Å². The Morgan fingerprint density at radius 3 is 2.72 bits per heavy atom. The molecule has 0 aliphatic carbocycles. The minimum Gasteiger partial charge on any atom is -0.339 e. The van der Waals surface area contributed by atoms with Crippen molar-refractivity contribution < 1.29 is 18.1 Å². The minimum absolute atomic E-state index is 0.107. The van der Waals surface area contributed by atoms with E-state index in [1.807, 2.05) is 6.92 Å². The first-order valence-corrected chi connectivity index (χ1v) is 10.3. The van der Waals surface area contributed by atoms with Crippen LogP contribution in [-0.4, -0.2) is 42.5 Å². The summed E-state index contributed by atoms with van der Waals surface area (Å²) in [5.74, 6) is -1.28. The lowest BCUT2D eigenvalue weighted by Gasteiger charge is -2.35. The third-order valence-electron chi connectivity index (χ3n) is 4.75. The molecule has 25 heavy (non-hydrogen) atoms. The normalized spacial score (nSPS) is 18.2. The van der Waals surface area contributed by atoms with Gasteiger partial charge in [0.15, 0.2) is 9.84 Å². The van der Waals surface area contributed by atoms with Crippen LogP contribution >= 0.6 is 0 Å². The number of hydrogen-bond acceptors (Lipinski definition) is 5. The predicted octanol–water partition coefficient (Wildman–Crippen LogP) is 2.61. The number of nitrogens with zero attached hydrogens (tertiary/aromatic N) is 2. The highest BCUT2D eigenvalue weighted by atomic mass is 32.2. The first-order chi connectivity index (χ1) is 11.7. The third-order valence-corrected chi connectivity index (χ3v) is 6.19. The maximum Gasteiger partial charge on any atom is 0.272 e. The zero-order valence-electron chi connectivity index (χ0n) is 14.6. The van der Waals surface area contributed by atoms with E-state index in [9.17, 15) is 23.3 Å². The fourth-order valence-electron chi connectivity index (χ4n) is 3.34. The summed E-state index contributed by atoms with van der Waals surface area (Å²) in [7, 11) is -3.69. The van der Waals surface area contributed by atoms with E-state index in [1.54, 1.807) is 11.0 Å². The number of piperidine rings is 1. The number of sulfone groups is 1. The van der Waals surface area contributed by atoms with Crippen molar-refractivity contribution in [3.63, 3.8) is 0 Å². The maximum atomic E-state index is 12.5. The van der Waals surface area contributed by atoms with E-state index in [0.717, 1.165) is 25.7 Å². The molecular weight excluding hydrogens is 344 g/mol. The number of hydrogen-bond donors (Lipinski definition) is 0. The lowest BCUT2D eigenvalue weighted by atomic mass is 10.0. The zero-order chi connectivity index (χ0) is 18.6. The second kappa shape index (κ2) is 7.95. The summed E-state index contributed by atoms with van der Waals surface area (Å²) in [6, 6.07) is 4.47. The van der Waals surface area contributed by atoms with Crippen molar-refractivity contribution in [2.75, 3.05) is 12.3 Å². The number of carbonyl (C=O) groups excluding carboxylic acids is 1. The van der Waals surface area contributed by atoms with Crippen molar-refractivity contribution in [2.24, 2.45) is 0 Å². The van der Waals surface area contributed by atoms with Crippen LogP contribution in [0.5, 0.6) is 0 Å². The first kappa shape index (κ1) is 19.4. The van der Waals surface area contributed by atoms with Gasteiger partial charge in [0.2, 0.25) is 5.91 Å². The molecule has 0 saturated carbocycles. The Kier molecular flexibility index (Phi) is 6.16. The van der Waals surface area contributed by atoms with E-state index in [-0.39, 0.29) is 23.4 Å². The molecule has 0 aromatic heterocycles. The van der Waals surface area contributed by atoms with Gasteiger partial charge in [-0.1, -0.05) is 19.1 Å². The highest BCUT2D eigenvalue weighted by molar-refractivity contribution is 7.91. The van der Waals surface area contributed by atoms with Crippen molar-refractivity contribution in [3.05, 3.63) is 39.4 Å². The van der Waals surface area contributed by atoms with Crippen molar-refractivity contribution in [3.8, 4) is 0 Å². The van der Waals surface area contributed by atoms with E-state index < -0.39 is 20.5 Å². The summed E-state index contributed by atoms with van der Waals surface area (Å²) < 4.78 is 24.9. The van der Waals surface area contributed by atoms with Gasteiger partial charge in [0, 0.05) is 24.2 Å². The molecule has 1 aliphatic rings. The predicted molar refractivity (Wildman–Crippen MR) is 95.0 cm³/mol. The Bertz CT molecular complexity index is 760. The molecule has 138 valence electrons. The number of nitro groups is 1. The molecule has 2 rings (SSSR count). The average molecular weight is 368 g/mol. The van der Waals surface area contributed by atoms with E-state index in [1.165, 1.54) is 19.1 Å². The summed E-state index contributed by atoms with van der Waals surface area (Å²) in [6.07, 6.45) is 3.68. The van der Waals surface area contributed by atoms with Gasteiger partial charge in [0.1, 0.15) is 5.75 Å². The van der Waals surface area contributed by atoms with Gasteiger partial charge < -0.3 is 4.90 Å². The van der Waals surface area contributed by atoms with Crippen LogP contribution in [0, 0.1) is 17.0 Å². The molecule has 1 aromatic rings. The summed E-state index contributed by atoms with van der Waals surface area (Å²) >= 11 is 0. The molecule has 0 N–H and O–H groups in total. The van der Waals surface area contributed by atoms with Gasteiger partial charge in [0.25, 0.3) is 5.69 Å². The molecule has 1 fully saturated rings. The lowest BCUT2D eigenvalue weighted by Crippen LogP contribution is -2.45. The molecule has 0 spiro atoms. The van der Waals surface area contributed by atoms with E-state index in [2.05, 4.69) is 0 Å². The van der Waals surface area contributed by atoms with Crippen molar-refractivity contribution in [1.29, 1.82) is 0 Å². The highest BCUT2D eigenvalue weighted by Crippen LogP contribution is 2.24. The zero-order valence-corrected chi connectivity index (χ0v) is 15.4. The smallest absolute Gasteiger partial charge is 0.272 e. The van der Waals surface area contributed by atoms with Crippen LogP contribution < -0.4 is 0 Å². The Morgan fingerprint density at radius 1 is 1.36 bits per heavy atom. The van der Waals surface area contributed by atoms with Gasteiger partial charge in [-0.2, -0.15) is 0 Å². The van der Waals surface area contributed by atoms with Crippen LogP contribution in [0.15, 0.2) is 18.2 Å². The first-order valence-electron chi connectivity index (χ1n) is 8.48. The number of rotatable bonds is 6. The second-order valence-electron chi connectivity index (χ2n) is 6.50. The van der Waals surface area contributed by atoms with E-state index in [4.69, 9.17) is 0 Å². The van der Waals surface area contributed by atoms with Crippen LogP contribution in [0.4, 0.5) is 5.69 Å². The van der Waals surface area contributed by atoms with Crippen molar-refractivity contribution in [1.82, 2.24) is 4.90 Å². The summed E-state index contributed by atoms with van der Waals surface area (Å²) in [4.78, 5) is 24.6. The van der Waals surface area contributed by atoms with Crippen LogP contribution in [0.2, 0.25) is 0 Å². The molecule has 1 heterocycles. The SMILES string of the molecule is CC[C@H]1CCCCN1C(=O)CS(=O)(=O)Cc1cccc([N+](=O)[O-])c1C. The molecule has 1 aromatic carbocycles. The van der Waals surface area contributed by atoms with Crippen molar-refractivity contribution in [2.45, 2.75) is 51.3 Å². The Labute approximate surface area is 148 Å². The van der Waals surface area contributed by atoms with Gasteiger partial charge in [-0.3, -0.25) is 14.9 Å². The summed E-state index contributed by atoms with van der Waals surface area (Å²) in [5.41, 5.74) is 0.585. The number of carbonyl (C=O) groups is 1. The van der Waals surface area contributed by atoms with Crippen LogP contribution in [0.25, 0.3) is 0 Å². The standard InChI is InChI=1S/C17H24N2O5S/c1-3-15-8-4-5-10-18(15)17(20)12-25(23,24)11-14-7-6-9-16(13(14)2)19(21)22/h6-7,9,15H,3-5,8,10-12H2,1-2H3/t15-/m0/s1. The molecule has 7 nitrogen and oxygen atoms in total. The molecule has 1 aliphatic heterocycles. The van der Waals surface area contributed by atoms with Gasteiger partial charge in [-0.25, -0.2) is 8.42 Å². The van der Waals surface area contributed by atoms with Gasteiger partial charge in [0.05, 0.1) is 10.7 Å². The highest BCUT2D eigenvalue weighted by Gasteiger charge is 2.29. The molecule has 1 saturated heterocycles. The fraction of sp³-hybridized carbons (Fsp3) is 0.588. The number of nitro benzene ring substituents is 1. The topological polar surface area (TPSA) is 97.6 Å². The number of amides is 1. The second-order valence-corrected chi connectivity index (χ2v) is 8.56. The largest absolute Gasteiger partial charge is 0.339 e. The molecule has 8 heteroatoms. The molecule has 0 unspecified atom stereocenters. The molecule has 1 atom stereocenters. The minimum atomic E-state index is -3.69. The van der Waals surface area contributed by atoms with Gasteiger partial charge in [-0.05, 0) is 38.2 Å². The number of likely N-dealkylation sites (tertiary alicyclic amines) is 1. The molecule has 1 amide bonds. The molecular formula is C17H24N2O5S. The average Bonchev–Trinajstić information content (AvgIpc) is 2.55.